The molecular formula is C12H19NO2. The minimum atomic E-state index is -0.479. The molecule has 15 heavy (non-hydrogen) atoms. The van der Waals surface area contributed by atoms with Crippen LogP contribution in [0.1, 0.15) is 33.1 Å². The molecule has 0 radical (unpaired) electrons. The van der Waals surface area contributed by atoms with Crippen molar-refractivity contribution in [3.63, 3.8) is 0 Å². The zero-order valence-corrected chi connectivity index (χ0v) is 9.45. The van der Waals surface area contributed by atoms with Gasteiger partial charge in [-0.15, -0.1) is 0 Å². The minimum Gasteiger partial charge on any atom is -0.465 e. The van der Waals surface area contributed by atoms with Gasteiger partial charge < -0.3 is 10.5 Å². The van der Waals surface area contributed by atoms with Crippen molar-refractivity contribution in [3.8, 4) is 0 Å². The Bertz CT molecular complexity index is 294. The summed E-state index contributed by atoms with van der Waals surface area (Å²) >= 11 is 0. The van der Waals surface area contributed by atoms with Gasteiger partial charge in [-0.3, -0.25) is 4.79 Å². The fraction of sp³-hybridized carbons (Fsp3) is 0.583. The van der Waals surface area contributed by atoms with Crippen LogP contribution in [0.2, 0.25) is 0 Å². The number of allylic oxidation sites excluding steroid dienone is 2. The second-order valence-corrected chi connectivity index (χ2v) is 3.87. The van der Waals surface area contributed by atoms with Crippen molar-refractivity contribution < 1.29 is 9.53 Å². The molecule has 0 fully saturated rings. The van der Waals surface area contributed by atoms with E-state index in [0.29, 0.717) is 13.0 Å². The summed E-state index contributed by atoms with van der Waals surface area (Å²) in [6.07, 6.45) is 8.01. The Balaban J connectivity index is 2.81. The summed E-state index contributed by atoms with van der Waals surface area (Å²) in [7, 11) is 0. The molecule has 3 heteroatoms. The zero-order valence-electron chi connectivity index (χ0n) is 9.45. The van der Waals surface area contributed by atoms with E-state index in [4.69, 9.17) is 10.5 Å². The molecule has 0 aromatic rings. The fourth-order valence-corrected chi connectivity index (χ4v) is 1.85. The van der Waals surface area contributed by atoms with Crippen LogP contribution in [0.5, 0.6) is 0 Å². The Morgan fingerprint density at radius 1 is 1.60 bits per heavy atom. The van der Waals surface area contributed by atoms with Crippen LogP contribution in [0.3, 0.4) is 0 Å². The molecule has 1 atom stereocenters. The lowest BCUT2D eigenvalue weighted by molar-refractivity contribution is -0.152. The van der Waals surface area contributed by atoms with Crippen LogP contribution < -0.4 is 5.73 Å². The molecule has 0 amide bonds. The first-order chi connectivity index (χ1) is 7.14. The van der Waals surface area contributed by atoms with Gasteiger partial charge in [-0.2, -0.15) is 0 Å². The summed E-state index contributed by atoms with van der Waals surface area (Å²) in [5, 5.41) is 0. The number of nitrogens with two attached hydrogens (primary N) is 1. The van der Waals surface area contributed by atoms with E-state index in [-0.39, 0.29) is 5.97 Å². The lowest BCUT2D eigenvalue weighted by Crippen LogP contribution is -2.32. The maximum Gasteiger partial charge on any atom is 0.316 e. The molecule has 1 rings (SSSR count). The monoisotopic (exact) mass is 209 g/mol. The van der Waals surface area contributed by atoms with Crippen molar-refractivity contribution in [3.05, 3.63) is 23.9 Å². The van der Waals surface area contributed by atoms with Gasteiger partial charge in [-0.1, -0.05) is 25.5 Å². The van der Waals surface area contributed by atoms with E-state index in [2.05, 4.69) is 6.92 Å². The molecule has 0 saturated carbocycles. The Kier molecular flexibility index (Phi) is 3.95. The first kappa shape index (κ1) is 11.8. The largest absolute Gasteiger partial charge is 0.465 e. The molecule has 84 valence electrons. The molecule has 3 nitrogen and oxygen atoms in total. The molecule has 0 aliphatic heterocycles. The van der Waals surface area contributed by atoms with E-state index in [1.165, 1.54) is 0 Å². The number of hydrogen-bond donors (Lipinski definition) is 1. The van der Waals surface area contributed by atoms with Crippen LogP contribution in [0, 0.1) is 5.41 Å². The molecule has 1 aliphatic carbocycles. The fourth-order valence-electron chi connectivity index (χ4n) is 1.85. The van der Waals surface area contributed by atoms with E-state index in [9.17, 15) is 4.79 Å². The van der Waals surface area contributed by atoms with Crippen LogP contribution in [0.4, 0.5) is 0 Å². The highest BCUT2D eigenvalue weighted by Crippen LogP contribution is 2.35. The highest BCUT2D eigenvalue weighted by molar-refractivity contribution is 5.80. The number of carbonyl (C=O) groups is 1. The Hall–Kier alpha value is -1.25. The van der Waals surface area contributed by atoms with Crippen molar-refractivity contribution in [1.82, 2.24) is 0 Å². The minimum absolute atomic E-state index is 0.133. The topological polar surface area (TPSA) is 52.3 Å². The highest BCUT2D eigenvalue weighted by atomic mass is 16.5. The van der Waals surface area contributed by atoms with Gasteiger partial charge in [0.05, 0.1) is 12.0 Å². The van der Waals surface area contributed by atoms with Crippen molar-refractivity contribution in [2.24, 2.45) is 11.1 Å². The maximum absolute atomic E-state index is 11.9. The zero-order chi connectivity index (χ0) is 11.3. The normalized spacial score (nSPS) is 24.8. The lowest BCUT2D eigenvalue weighted by atomic mass is 9.77. The van der Waals surface area contributed by atoms with E-state index in [0.717, 1.165) is 18.5 Å². The van der Waals surface area contributed by atoms with Gasteiger partial charge in [0.15, 0.2) is 0 Å². The molecule has 0 bridgehead atoms. The summed E-state index contributed by atoms with van der Waals surface area (Å²) in [5.41, 5.74) is 5.90. The van der Waals surface area contributed by atoms with Crippen molar-refractivity contribution in [2.75, 3.05) is 6.61 Å². The van der Waals surface area contributed by atoms with Crippen molar-refractivity contribution in [1.29, 1.82) is 0 Å². The van der Waals surface area contributed by atoms with E-state index < -0.39 is 5.41 Å². The number of ether oxygens (including phenoxy) is 1. The second kappa shape index (κ2) is 5.01. The van der Waals surface area contributed by atoms with Gasteiger partial charge in [0.1, 0.15) is 0 Å². The third kappa shape index (κ3) is 2.61. The van der Waals surface area contributed by atoms with Crippen LogP contribution in [-0.4, -0.2) is 12.6 Å². The Labute approximate surface area is 91.0 Å². The number of hydrogen-bond acceptors (Lipinski definition) is 3. The van der Waals surface area contributed by atoms with E-state index in [1.807, 2.05) is 19.1 Å². The lowest BCUT2D eigenvalue weighted by Gasteiger charge is -2.29. The standard InChI is InChI=1S/C12H19NO2/c1-3-7-12(11(14)15-4-2)8-5-10(13)6-9-12/h5-6,8H,3-4,7,9,13H2,1-2H3. The van der Waals surface area contributed by atoms with Gasteiger partial charge in [-0.25, -0.2) is 0 Å². The Morgan fingerprint density at radius 2 is 2.33 bits per heavy atom. The molecule has 0 saturated heterocycles. The van der Waals surface area contributed by atoms with Gasteiger partial charge in [0, 0.05) is 5.70 Å². The smallest absolute Gasteiger partial charge is 0.316 e. The van der Waals surface area contributed by atoms with Gasteiger partial charge in [0.25, 0.3) is 0 Å². The highest BCUT2D eigenvalue weighted by Gasteiger charge is 2.36. The average Bonchev–Trinajstić information content (AvgIpc) is 2.22. The molecule has 0 heterocycles. The molecule has 1 aliphatic rings. The maximum atomic E-state index is 11.9. The van der Waals surface area contributed by atoms with Crippen LogP contribution >= 0.6 is 0 Å². The Morgan fingerprint density at radius 3 is 2.80 bits per heavy atom. The van der Waals surface area contributed by atoms with Crippen molar-refractivity contribution >= 4 is 5.97 Å². The molecule has 2 N–H and O–H groups in total. The van der Waals surface area contributed by atoms with Crippen LogP contribution in [0.15, 0.2) is 23.9 Å². The molecular weight excluding hydrogens is 190 g/mol. The van der Waals surface area contributed by atoms with E-state index in [1.54, 1.807) is 6.08 Å². The van der Waals surface area contributed by atoms with E-state index >= 15 is 0 Å². The molecule has 0 aromatic heterocycles. The summed E-state index contributed by atoms with van der Waals surface area (Å²) in [6.45, 7) is 4.32. The van der Waals surface area contributed by atoms with Crippen LogP contribution in [-0.2, 0) is 9.53 Å². The SMILES string of the molecule is CCCC1(C(=O)OCC)C=CC(N)=CC1. The summed E-state index contributed by atoms with van der Waals surface area (Å²) in [4.78, 5) is 11.9. The number of esters is 1. The predicted molar refractivity (Wildman–Crippen MR) is 60.0 cm³/mol. The quantitative estimate of drug-likeness (QED) is 0.722. The second-order valence-electron chi connectivity index (χ2n) is 3.87. The third-order valence-electron chi connectivity index (χ3n) is 2.67. The first-order valence-corrected chi connectivity index (χ1v) is 5.46. The van der Waals surface area contributed by atoms with Crippen molar-refractivity contribution in [2.45, 2.75) is 33.1 Å². The molecule has 1 unspecified atom stereocenters. The third-order valence-corrected chi connectivity index (χ3v) is 2.67. The van der Waals surface area contributed by atoms with Crippen LogP contribution in [0.25, 0.3) is 0 Å². The average molecular weight is 209 g/mol. The summed E-state index contributed by atoms with van der Waals surface area (Å²) in [6, 6.07) is 0. The predicted octanol–water partition coefficient (Wildman–Crippen LogP) is 2.14. The summed E-state index contributed by atoms with van der Waals surface area (Å²) in [5.74, 6) is -0.133. The number of carbonyl (C=O) groups excluding carboxylic acids is 1. The first-order valence-electron chi connectivity index (χ1n) is 5.46. The van der Waals surface area contributed by atoms with Gasteiger partial charge in [0.2, 0.25) is 0 Å². The number of rotatable bonds is 4. The molecule has 0 spiro atoms. The summed E-state index contributed by atoms with van der Waals surface area (Å²) < 4.78 is 5.11. The van der Waals surface area contributed by atoms with Gasteiger partial charge in [-0.05, 0) is 25.8 Å². The van der Waals surface area contributed by atoms with Gasteiger partial charge >= 0.3 is 5.97 Å². The molecule has 0 aromatic carbocycles.